The van der Waals surface area contributed by atoms with Crippen LogP contribution in [0.3, 0.4) is 0 Å². The van der Waals surface area contributed by atoms with Crippen LogP contribution < -0.4 is 0 Å². The van der Waals surface area contributed by atoms with Crippen LogP contribution in [0.4, 0.5) is 0 Å². The molecule has 1 aromatic heterocycles. The van der Waals surface area contributed by atoms with E-state index in [0.29, 0.717) is 12.4 Å². The molecule has 1 atom stereocenters. The largest absolute Gasteiger partial charge is 0.460 e. The lowest BCUT2D eigenvalue weighted by Crippen LogP contribution is -2.21. The third-order valence-electron chi connectivity index (χ3n) is 3.06. The van der Waals surface area contributed by atoms with Crippen molar-refractivity contribution in [3.63, 3.8) is 0 Å². The van der Waals surface area contributed by atoms with Gasteiger partial charge in [0.05, 0.1) is 12.6 Å². The maximum Gasteiger partial charge on any atom is 0.376 e. The minimum atomic E-state index is -0.386. The number of hydrogen-bond donors (Lipinski definition) is 0. The van der Waals surface area contributed by atoms with Crippen LogP contribution in [0, 0.1) is 6.92 Å². The lowest BCUT2D eigenvalue weighted by molar-refractivity contribution is 0.0503. The molecule has 0 amide bonds. The topological polar surface area (TPSA) is 60.2 Å². The van der Waals surface area contributed by atoms with Crippen LogP contribution in [-0.2, 0) is 4.74 Å². The summed E-state index contributed by atoms with van der Waals surface area (Å²) in [5.74, 6) is 0.709. The Balaban J connectivity index is 2.26. The van der Waals surface area contributed by atoms with Crippen molar-refractivity contribution in [2.45, 2.75) is 26.3 Å². The molecule has 1 unspecified atom stereocenters. The van der Waals surface area contributed by atoms with E-state index in [-0.39, 0.29) is 12.0 Å². The van der Waals surface area contributed by atoms with E-state index in [1.54, 1.807) is 6.92 Å². The highest BCUT2D eigenvalue weighted by molar-refractivity contribution is 5.85. The highest BCUT2D eigenvalue weighted by atomic mass is 16.5. The SMILES string of the molecule is CCOC(=O)c1nnc(C)n1C1CCN(C)C1. The van der Waals surface area contributed by atoms with E-state index < -0.39 is 0 Å². The van der Waals surface area contributed by atoms with Crippen molar-refractivity contribution >= 4 is 5.97 Å². The summed E-state index contributed by atoms with van der Waals surface area (Å²) in [6.45, 7) is 5.97. The van der Waals surface area contributed by atoms with Gasteiger partial charge in [0, 0.05) is 6.54 Å². The zero-order valence-electron chi connectivity index (χ0n) is 10.5. The number of likely N-dealkylation sites (N-methyl/N-ethyl adjacent to an activating group) is 1. The molecule has 2 rings (SSSR count). The Labute approximate surface area is 101 Å². The van der Waals surface area contributed by atoms with Crippen molar-refractivity contribution in [3.05, 3.63) is 11.6 Å². The van der Waals surface area contributed by atoms with Gasteiger partial charge in [-0.15, -0.1) is 10.2 Å². The number of carbonyl (C=O) groups excluding carboxylic acids is 1. The average Bonchev–Trinajstić information content (AvgIpc) is 2.85. The third kappa shape index (κ3) is 2.31. The second-order valence-electron chi connectivity index (χ2n) is 4.37. The molecule has 6 nitrogen and oxygen atoms in total. The number of esters is 1. The molecule has 0 N–H and O–H groups in total. The second kappa shape index (κ2) is 4.83. The van der Waals surface area contributed by atoms with E-state index in [9.17, 15) is 4.79 Å². The number of rotatable bonds is 3. The molecule has 0 spiro atoms. The van der Waals surface area contributed by atoms with E-state index in [4.69, 9.17) is 4.74 Å². The molecular weight excluding hydrogens is 220 g/mol. The summed E-state index contributed by atoms with van der Waals surface area (Å²) in [5, 5.41) is 7.91. The average molecular weight is 238 g/mol. The molecule has 0 radical (unpaired) electrons. The quantitative estimate of drug-likeness (QED) is 0.723. The summed E-state index contributed by atoms with van der Waals surface area (Å²) in [6, 6.07) is 0.273. The summed E-state index contributed by atoms with van der Waals surface area (Å²) in [7, 11) is 2.07. The smallest absolute Gasteiger partial charge is 0.376 e. The molecule has 6 heteroatoms. The van der Waals surface area contributed by atoms with Crippen molar-refractivity contribution in [2.24, 2.45) is 0 Å². The lowest BCUT2D eigenvalue weighted by atomic mass is 10.2. The molecule has 1 saturated heterocycles. The Morgan fingerprint density at radius 1 is 1.53 bits per heavy atom. The Bertz CT molecular complexity index is 416. The predicted octanol–water partition coefficient (Wildman–Crippen LogP) is 0.640. The Hall–Kier alpha value is -1.43. The molecule has 94 valence electrons. The van der Waals surface area contributed by atoms with Gasteiger partial charge < -0.3 is 14.2 Å². The van der Waals surface area contributed by atoms with Gasteiger partial charge in [0.1, 0.15) is 5.82 Å². The van der Waals surface area contributed by atoms with Gasteiger partial charge in [-0.25, -0.2) is 4.79 Å². The fraction of sp³-hybridized carbons (Fsp3) is 0.727. The number of hydrogen-bond acceptors (Lipinski definition) is 5. The molecule has 1 aromatic rings. The standard InChI is InChI=1S/C11H18N4O2/c1-4-17-11(16)10-13-12-8(2)15(10)9-5-6-14(3)7-9/h9H,4-7H2,1-3H3. The van der Waals surface area contributed by atoms with Crippen molar-refractivity contribution in [2.75, 3.05) is 26.7 Å². The Morgan fingerprint density at radius 3 is 2.88 bits per heavy atom. The summed E-state index contributed by atoms with van der Waals surface area (Å²) >= 11 is 0. The monoisotopic (exact) mass is 238 g/mol. The molecule has 0 aliphatic carbocycles. The van der Waals surface area contributed by atoms with E-state index in [1.165, 1.54) is 0 Å². The first-order valence-corrected chi connectivity index (χ1v) is 5.90. The highest BCUT2D eigenvalue weighted by Gasteiger charge is 2.28. The summed E-state index contributed by atoms with van der Waals surface area (Å²) in [6.07, 6.45) is 1.02. The van der Waals surface area contributed by atoms with Crippen molar-refractivity contribution in [3.8, 4) is 0 Å². The molecule has 1 aliphatic heterocycles. The van der Waals surface area contributed by atoms with E-state index >= 15 is 0 Å². The van der Waals surface area contributed by atoms with Crippen molar-refractivity contribution in [1.29, 1.82) is 0 Å². The van der Waals surface area contributed by atoms with Crippen LogP contribution in [-0.4, -0.2) is 52.4 Å². The Kier molecular flexibility index (Phi) is 3.42. The summed E-state index contributed by atoms with van der Waals surface area (Å²) < 4.78 is 6.90. The van der Waals surface area contributed by atoms with Gasteiger partial charge in [0.2, 0.25) is 5.82 Å². The Morgan fingerprint density at radius 2 is 2.29 bits per heavy atom. The molecule has 17 heavy (non-hydrogen) atoms. The minimum Gasteiger partial charge on any atom is -0.460 e. The molecule has 0 aromatic carbocycles. The number of nitrogens with zero attached hydrogens (tertiary/aromatic N) is 4. The highest BCUT2D eigenvalue weighted by Crippen LogP contribution is 2.23. The minimum absolute atomic E-state index is 0.273. The lowest BCUT2D eigenvalue weighted by Gasteiger charge is -2.15. The van der Waals surface area contributed by atoms with Gasteiger partial charge in [-0.2, -0.15) is 0 Å². The molecule has 2 heterocycles. The van der Waals surface area contributed by atoms with Gasteiger partial charge in [-0.1, -0.05) is 0 Å². The summed E-state index contributed by atoms with van der Waals surface area (Å²) in [4.78, 5) is 14.0. The van der Waals surface area contributed by atoms with Crippen LogP contribution in [0.5, 0.6) is 0 Å². The fourth-order valence-electron chi connectivity index (χ4n) is 2.26. The number of carbonyl (C=O) groups is 1. The second-order valence-corrected chi connectivity index (χ2v) is 4.37. The van der Waals surface area contributed by atoms with Gasteiger partial charge in [0.25, 0.3) is 0 Å². The number of aromatic nitrogens is 3. The van der Waals surface area contributed by atoms with Crippen LogP contribution in [0.15, 0.2) is 0 Å². The summed E-state index contributed by atoms with van der Waals surface area (Å²) in [5.41, 5.74) is 0. The molecular formula is C11H18N4O2. The van der Waals surface area contributed by atoms with Gasteiger partial charge >= 0.3 is 5.97 Å². The molecule has 1 aliphatic rings. The number of ether oxygens (including phenoxy) is 1. The first-order chi connectivity index (χ1) is 8.13. The third-order valence-corrected chi connectivity index (χ3v) is 3.06. The zero-order chi connectivity index (χ0) is 12.4. The predicted molar refractivity (Wildman–Crippen MR) is 61.9 cm³/mol. The number of likely N-dealkylation sites (tertiary alicyclic amines) is 1. The van der Waals surface area contributed by atoms with Gasteiger partial charge in [0.15, 0.2) is 0 Å². The van der Waals surface area contributed by atoms with Crippen LogP contribution >= 0.6 is 0 Å². The first kappa shape index (κ1) is 12.0. The normalized spacial score (nSPS) is 20.8. The van der Waals surface area contributed by atoms with Crippen LogP contribution in [0.2, 0.25) is 0 Å². The molecule has 0 saturated carbocycles. The van der Waals surface area contributed by atoms with Crippen LogP contribution in [0.25, 0.3) is 0 Å². The van der Waals surface area contributed by atoms with Crippen molar-refractivity contribution < 1.29 is 9.53 Å². The van der Waals surface area contributed by atoms with E-state index in [0.717, 1.165) is 25.3 Å². The number of aryl methyl sites for hydroxylation is 1. The molecule has 1 fully saturated rings. The van der Waals surface area contributed by atoms with E-state index in [2.05, 4.69) is 22.1 Å². The fourth-order valence-corrected chi connectivity index (χ4v) is 2.26. The van der Waals surface area contributed by atoms with Gasteiger partial charge in [-0.05, 0) is 33.9 Å². The maximum absolute atomic E-state index is 11.8. The maximum atomic E-state index is 11.8. The zero-order valence-corrected chi connectivity index (χ0v) is 10.5. The van der Waals surface area contributed by atoms with Gasteiger partial charge in [-0.3, -0.25) is 0 Å². The van der Waals surface area contributed by atoms with Crippen LogP contribution in [0.1, 0.15) is 35.8 Å². The molecule has 0 bridgehead atoms. The van der Waals surface area contributed by atoms with Crippen molar-refractivity contribution in [1.82, 2.24) is 19.7 Å². The first-order valence-electron chi connectivity index (χ1n) is 5.90. The van der Waals surface area contributed by atoms with E-state index in [1.807, 2.05) is 11.5 Å².